The fourth-order valence-electron chi connectivity index (χ4n) is 3.02. The van der Waals surface area contributed by atoms with Crippen LogP contribution in [-0.4, -0.2) is 23.6 Å². The van der Waals surface area contributed by atoms with E-state index in [1.165, 1.54) is 0 Å². The molecule has 1 aliphatic heterocycles. The number of amides is 1. The van der Waals surface area contributed by atoms with E-state index >= 15 is 0 Å². The Balaban J connectivity index is 2.18. The highest BCUT2D eigenvalue weighted by molar-refractivity contribution is 6.08. The van der Waals surface area contributed by atoms with Crippen LogP contribution in [0.4, 0.5) is 5.69 Å². The van der Waals surface area contributed by atoms with Crippen molar-refractivity contribution in [2.24, 2.45) is 0 Å². The highest BCUT2D eigenvalue weighted by Crippen LogP contribution is 2.27. The van der Waals surface area contributed by atoms with Crippen molar-refractivity contribution in [3.8, 4) is 5.69 Å². The predicted octanol–water partition coefficient (Wildman–Crippen LogP) is 2.15. The van der Waals surface area contributed by atoms with Gasteiger partial charge in [-0.3, -0.25) is 14.2 Å². The van der Waals surface area contributed by atoms with Crippen LogP contribution in [0, 0.1) is 0 Å². The minimum Gasteiger partial charge on any atom is -0.382 e. The van der Waals surface area contributed by atoms with Crippen molar-refractivity contribution in [2.75, 3.05) is 18.4 Å². The number of hydrogen-bond acceptors (Lipinski definition) is 3. The van der Waals surface area contributed by atoms with Crippen molar-refractivity contribution >= 4 is 22.5 Å². The summed E-state index contributed by atoms with van der Waals surface area (Å²) in [6, 6.07) is 17.0. The predicted molar refractivity (Wildman–Crippen MR) is 90.4 cm³/mol. The molecule has 5 nitrogen and oxygen atoms in total. The molecule has 1 amide bonds. The number of nitrogens with zero attached hydrogens (tertiary/aromatic N) is 1. The second-order valence-corrected chi connectivity index (χ2v) is 5.43. The molecule has 2 heterocycles. The normalized spacial score (nSPS) is 13.8. The zero-order chi connectivity index (χ0) is 15.8. The average Bonchev–Trinajstić information content (AvgIpc) is 2.78. The van der Waals surface area contributed by atoms with Gasteiger partial charge in [-0.15, -0.1) is 0 Å². The number of pyridine rings is 1. The van der Waals surface area contributed by atoms with Gasteiger partial charge in [0.05, 0.1) is 11.2 Å². The largest absolute Gasteiger partial charge is 0.382 e. The molecule has 0 radical (unpaired) electrons. The summed E-state index contributed by atoms with van der Waals surface area (Å²) in [7, 11) is 0. The molecule has 0 bridgehead atoms. The van der Waals surface area contributed by atoms with Crippen LogP contribution in [0.3, 0.4) is 0 Å². The number of carbonyl (C=O) groups is 1. The van der Waals surface area contributed by atoms with E-state index in [4.69, 9.17) is 0 Å². The Morgan fingerprint density at radius 3 is 2.35 bits per heavy atom. The van der Waals surface area contributed by atoms with Gasteiger partial charge in [0.2, 0.25) is 0 Å². The van der Waals surface area contributed by atoms with E-state index in [9.17, 15) is 9.59 Å². The molecule has 0 spiro atoms. The monoisotopic (exact) mass is 305 g/mol. The van der Waals surface area contributed by atoms with Crippen LogP contribution in [0.1, 0.15) is 10.4 Å². The van der Waals surface area contributed by atoms with Crippen LogP contribution >= 0.6 is 0 Å². The molecule has 2 N–H and O–H groups in total. The third-order valence-electron chi connectivity index (χ3n) is 4.04. The fourth-order valence-corrected chi connectivity index (χ4v) is 3.02. The number of rotatable bonds is 1. The van der Waals surface area contributed by atoms with Gasteiger partial charge in [0, 0.05) is 24.2 Å². The summed E-state index contributed by atoms with van der Waals surface area (Å²) in [5, 5.41) is 6.86. The van der Waals surface area contributed by atoms with Crippen molar-refractivity contribution < 1.29 is 4.79 Å². The number of aromatic nitrogens is 1. The molecule has 5 heteroatoms. The van der Waals surface area contributed by atoms with E-state index in [0.29, 0.717) is 18.8 Å². The van der Waals surface area contributed by atoms with Gasteiger partial charge < -0.3 is 10.6 Å². The molecule has 0 unspecified atom stereocenters. The van der Waals surface area contributed by atoms with E-state index in [1.807, 2.05) is 54.6 Å². The maximum absolute atomic E-state index is 13.1. The molecular formula is C18H15N3O2. The first-order chi connectivity index (χ1) is 11.3. The highest BCUT2D eigenvalue weighted by atomic mass is 16.2. The second-order valence-electron chi connectivity index (χ2n) is 5.43. The first-order valence-electron chi connectivity index (χ1n) is 7.52. The molecule has 1 aliphatic rings. The lowest BCUT2D eigenvalue weighted by Gasteiger charge is -2.16. The second kappa shape index (κ2) is 5.28. The van der Waals surface area contributed by atoms with Crippen molar-refractivity contribution in [1.29, 1.82) is 0 Å². The Bertz CT molecular complexity index is 961. The summed E-state index contributed by atoms with van der Waals surface area (Å²) in [6.07, 6.45) is 0. The Hall–Kier alpha value is -3.08. The number of nitrogens with one attached hydrogen (secondary N) is 2. The molecule has 3 aromatic rings. The zero-order valence-electron chi connectivity index (χ0n) is 12.4. The SMILES string of the molecule is O=C1NCCNc2c1c(=O)n(-c1ccccc1)c1ccccc21. The number of anilines is 1. The van der Waals surface area contributed by atoms with Gasteiger partial charge in [-0.05, 0) is 18.2 Å². The number of carbonyl (C=O) groups excluding carboxylic acids is 1. The fraction of sp³-hybridized carbons (Fsp3) is 0.111. The molecule has 0 saturated carbocycles. The van der Waals surface area contributed by atoms with Crippen LogP contribution in [0.25, 0.3) is 16.6 Å². The summed E-state index contributed by atoms with van der Waals surface area (Å²) < 4.78 is 1.60. The first-order valence-corrected chi connectivity index (χ1v) is 7.52. The maximum Gasteiger partial charge on any atom is 0.270 e. The van der Waals surface area contributed by atoms with Crippen molar-refractivity contribution in [2.45, 2.75) is 0 Å². The zero-order valence-corrected chi connectivity index (χ0v) is 12.4. The Morgan fingerprint density at radius 2 is 1.52 bits per heavy atom. The number of fused-ring (bicyclic) bond motifs is 3. The van der Waals surface area contributed by atoms with Gasteiger partial charge in [-0.1, -0.05) is 36.4 Å². The summed E-state index contributed by atoms with van der Waals surface area (Å²) in [5.74, 6) is -0.328. The summed E-state index contributed by atoms with van der Waals surface area (Å²) in [6.45, 7) is 1.09. The van der Waals surface area contributed by atoms with E-state index in [1.54, 1.807) is 4.57 Å². The third kappa shape index (κ3) is 2.09. The van der Waals surface area contributed by atoms with E-state index in [2.05, 4.69) is 10.6 Å². The van der Waals surface area contributed by atoms with Crippen LogP contribution < -0.4 is 16.2 Å². The average molecular weight is 305 g/mol. The number of benzene rings is 2. The molecule has 114 valence electrons. The van der Waals surface area contributed by atoms with E-state index < -0.39 is 0 Å². The third-order valence-corrected chi connectivity index (χ3v) is 4.04. The van der Waals surface area contributed by atoms with Crippen molar-refractivity contribution in [1.82, 2.24) is 9.88 Å². The van der Waals surface area contributed by atoms with Crippen molar-refractivity contribution in [3.05, 3.63) is 70.5 Å². The van der Waals surface area contributed by atoms with Gasteiger partial charge in [-0.25, -0.2) is 0 Å². The van der Waals surface area contributed by atoms with Crippen molar-refractivity contribution in [3.63, 3.8) is 0 Å². The summed E-state index contributed by atoms with van der Waals surface area (Å²) in [5.41, 5.74) is 2.01. The topological polar surface area (TPSA) is 63.1 Å². The number of hydrogen-bond donors (Lipinski definition) is 2. The Kier molecular flexibility index (Phi) is 3.12. The smallest absolute Gasteiger partial charge is 0.270 e. The Morgan fingerprint density at radius 1 is 0.826 bits per heavy atom. The van der Waals surface area contributed by atoms with Gasteiger partial charge in [0.15, 0.2) is 0 Å². The van der Waals surface area contributed by atoms with Gasteiger partial charge in [0.25, 0.3) is 11.5 Å². The Labute approximate surface area is 132 Å². The molecule has 1 aromatic heterocycles. The van der Waals surface area contributed by atoms with Crippen LogP contribution in [0.2, 0.25) is 0 Å². The maximum atomic E-state index is 13.1. The molecule has 2 aromatic carbocycles. The number of para-hydroxylation sites is 2. The van der Waals surface area contributed by atoms with Gasteiger partial charge in [0.1, 0.15) is 5.56 Å². The minimum atomic E-state index is -0.328. The molecule has 0 fully saturated rings. The van der Waals surface area contributed by atoms with E-state index in [-0.39, 0.29) is 17.0 Å². The lowest BCUT2D eigenvalue weighted by molar-refractivity contribution is 0.0956. The summed E-state index contributed by atoms with van der Waals surface area (Å²) in [4.78, 5) is 25.4. The van der Waals surface area contributed by atoms with Crippen LogP contribution in [0.15, 0.2) is 59.4 Å². The minimum absolute atomic E-state index is 0.171. The standard InChI is InChI=1S/C18H15N3O2/c22-17-15-16(19-10-11-20-17)13-8-4-5-9-14(13)21(18(15)23)12-6-2-1-3-7-12/h1-9,19H,10-11H2,(H,20,22). The highest BCUT2D eigenvalue weighted by Gasteiger charge is 2.24. The van der Waals surface area contributed by atoms with Crippen LogP contribution in [0.5, 0.6) is 0 Å². The van der Waals surface area contributed by atoms with E-state index in [0.717, 1.165) is 16.6 Å². The van der Waals surface area contributed by atoms with Gasteiger partial charge >= 0.3 is 0 Å². The first kappa shape index (κ1) is 13.6. The van der Waals surface area contributed by atoms with Gasteiger partial charge in [-0.2, -0.15) is 0 Å². The molecule has 23 heavy (non-hydrogen) atoms. The quantitative estimate of drug-likeness (QED) is 0.724. The molecular weight excluding hydrogens is 290 g/mol. The van der Waals surface area contributed by atoms with Crippen LogP contribution in [-0.2, 0) is 0 Å². The lowest BCUT2D eigenvalue weighted by atomic mass is 10.1. The summed E-state index contributed by atoms with van der Waals surface area (Å²) >= 11 is 0. The molecule has 0 atom stereocenters. The molecule has 0 aliphatic carbocycles. The lowest BCUT2D eigenvalue weighted by Crippen LogP contribution is -2.32. The molecule has 0 saturated heterocycles. The molecule has 4 rings (SSSR count).